The van der Waals surface area contributed by atoms with E-state index in [0.717, 1.165) is 31.8 Å². The first-order valence-corrected chi connectivity index (χ1v) is 10.2. The Morgan fingerprint density at radius 2 is 2.08 bits per heavy atom. The van der Waals surface area contributed by atoms with E-state index >= 15 is 0 Å². The number of aliphatic hydroxyl groups excluding tert-OH is 1. The van der Waals surface area contributed by atoms with Crippen molar-refractivity contribution in [3.8, 4) is 0 Å². The number of nitrogens with one attached hydrogen (secondary N) is 2. The Morgan fingerprint density at radius 1 is 1.27 bits per heavy atom. The molecular formula is C21H34N4O. The van der Waals surface area contributed by atoms with Crippen LogP contribution >= 0.6 is 0 Å². The van der Waals surface area contributed by atoms with Gasteiger partial charge in [-0.05, 0) is 57.2 Å². The molecule has 26 heavy (non-hydrogen) atoms. The monoisotopic (exact) mass is 358 g/mol. The number of rotatable bonds is 6. The van der Waals surface area contributed by atoms with E-state index in [0.29, 0.717) is 12.5 Å². The van der Waals surface area contributed by atoms with Crippen LogP contribution in [0.25, 0.3) is 0 Å². The van der Waals surface area contributed by atoms with Crippen molar-refractivity contribution >= 4 is 11.6 Å². The molecule has 5 heteroatoms. The SMILES string of the molecule is CCNC(=NCC1CCCC1O)NC(C)c1cccc(N2CCCC2)c1. The lowest BCUT2D eigenvalue weighted by atomic mass is 10.1. The van der Waals surface area contributed by atoms with Crippen molar-refractivity contribution < 1.29 is 5.11 Å². The summed E-state index contributed by atoms with van der Waals surface area (Å²) < 4.78 is 0. The van der Waals surface area contributed by atoms with E-state index in [1.54, 1.807) is 0 Å². The van der Waals surface area contributed by atoms with Crippen molar-refractivity contribution in [1.82, 2.24) is 10.6 Å². The molecule has 1 aromatic rings. The van der Waals surface area contributed by atoms with E-state index in [-0.39, 0.29) is 12.1 Å². The van der Waals surface area contributed by atoms with E-state index in [1.165, 1.54) is 37.2 Å². The van der Waals surface area contributed by atoms with Crippen LogP contribution in [0.3, 0.4) is 0 Å². The highest BCUT2D eigenvalue weighted by Gasteiger charge is 2.25. The summed E-state index contributed by atoms with van der Waals surface area (Å²) in [7, 11) is 0. The molecule has 0 amide bonds. The van der Waals surface area contributed by atoms with Gasteiger partial charge in [-0.1, -0.05) is 18.6 Å². The van der Waals surface area contributed by atoms with Crippen molar-refractivity contribution in [2.45, 2.75) is 58.1 Å². The Labute approximate surface area is 157 Å². The van der Waals surface area contributed by atoms with Crippen LogP contribution in [0, 0.1) is 5.92 Å². The Bertz CT molecular complexity index is 597. The van der Waals surface area contributed by atoms with Gasteiger partial charge in [0.2, 0.25) is 0 Å². The van der Waals surface area contributed by atoms with Gasteiger partial charge in [-0.2, -0.15) is 0 Å². The summed E-state index contributed by atoms with van der Waals surface area (Å²) in [6, 6.07) is 9.03. The van der Waals surface area contributed by atoms with E-state index in [2.05, 4.69) is 53.6 Å². The van der Waals surface area contributed by atoms with Gasteiger partial charge in [0.25, 0.3) is 0 Å². The van der Waals surface area contributed by atoms with E-state index < -0.39 is 0 Å². The summed E-state index contributed by atoms with van der Waals surface area (Å²) in [4.78, 5) is 7.20. The van der Waals surface area contributed by atoms with E-state index in [4.69, 9.17) is 4.99 Å². The van der Waals surface area contributed by atoms with Gasteiger partial charge >= 0.3 is 0 Å². The zero-order chi connectivity index (χ0) is 18.4. The summed E-state index contributed by atoms with van der Waals surface area (Å²) in [6.07, 6.45) is 5.52. The second-order valence-corrected chi connectivity index (χ2v) is 7.63. The molecule has 1 saturated heterocycles. The fraction of sp³-hybridized carbons (Fsp3) is 0.667. The molecule has 3 rings (SSSR count). The second-order valence-electron chi connectivity index (χ2n) is 7.63. The molecule has 3 unspecified atom stereocenters. The van der Waals surface area contributed by atoms with Crippen molar-refractivity contribution in [3.63, 3.8) is 0 Å². The molecule has 1 heterocycles. The van der Waals surface area contributed by atoms with Gasteiger partial charge in [0.15, 0.2) is 5.96 Å². The van der Waals surface area contributed by atoms with Gasteiger partial charge in [0.05, 0.1) is 12.1 Å². The van der Waals surface area contributed by atoms with Crippen LogP contribution in [0.4, 0.5) is 5.69 Å². The van der Waals surface area contributed by atoms with Crippen LogP contribution in [0.5, 0.6) is 0 Å². The minimum absolute atomic E-state index is 0.184. The van der Waals surface area contributed by atoms with Crippen molar-refractivity contribution in [3.05, 3.63) is 29.8 Å². The van der Waals surface area contributed by atoms with Gasteiger partial charge in [0, 0.05) is 37.8 Å². The topological polar surface area (TPSA) is 59.9 Å². The predicted octanol–water partition coefficient (Wildman–Crippen LogP) is 3.06. The van der Waals surface area contributed by atoms with Crippen LogP contribution in [0.15, 0.2) is 29.3 Å². The number of anilines is 1. The molecule has 0 radical (unpaired) electrons. The van der Waals surface area contributed by atoms with Crippen LogP contribution < -0.4 is 15.5 Å². The Hall–Kier alpha value is -1.75. The maximum Gasteiger partial charge on any atom is 0.191 e. The highest BCUT2D eigenvalue weighted by atomic mass is 16.3. The van der Waals surface area contributed by atoms with Crippen LogP contribution in [0.1, 0.15) is 57.6 Å². The third-order valence-corrected chi connectivity index (χ3v) is 5.64. The fourth-order valence-corrected chi connectivity index (χ4v) is 4.01. The lowest BCUT2D eigenvalue weighted by molar-refractivity contribution is 0.136. The van der Waals surface area contributed by atoms with Crippen LogP contribution in [0.2, 0.25) is 0 Å². The Kier molecular flexibility index (Phi) is 6.78. The lowest BCUT2D eigenvalue weighted by Crippen LogP contribution is -2.39. The largest absolute Gasteiger partial charge is 0.393 e. The molecule has 0 spiro atoms. The number of aliphatic imine (C=N–C) groups is 1. The average molecular weight is 359 g/mol. The number of nitrogens with zero attached hydrogens (tertiary/aromatic N) is 2. The molecular weight excluding hydrogens is 324 g/mol. The maximum absolute atomic E-state index is 10.0. The average Bonchev–Trinajstić information content (AvgIpc) is 3.32. The molecule has 3 N–H and O–H groups in total. The fourth-order valence-electron chi connectivity index (χ4n) is 4.01. The normalized spacial score (nSPS) is 24.7. The number of hydrogen-bond acceptors (Lipinski definition) is 3. The molecule has 1 aliphatic carbocycles. The molecule has 0 bridgehead atoms. The zero-order valence-corrected chi connectivity index (χ0v) is 16.2. The minimum Gasteiger partial charge on any atom is -0.393 e. The summed E-state index contributed by atoms with van der Waals surface area (Å²) in [5.74, 6) is 1.14. The van der Waals surface area contributed by atoms with Gasteiger partial charge in [-0.15, -0.1) is 0 Å². The van der Waals surface area contributed by atoms with Gasteiger partial charge < -0.3 is 20.6 Å². The molecule has 1 aromatic carbocycles. The highest BCUT2D eigenvalue weighted by molar-refractivity contribution is 5.80. The van der Waals surface area contributed by atoms with Crippen molar-refractivity contribution in [1.29, 1.82) is 0 Å². The molecule has 5 nitrogen and oxygen atoms in total. The van der Waals surface area contributed by atoms with Gasteiger partial charge in [0.1, 0.15) is 0 Å². The standard InChI is InChI=1S/C21H34N4O/c1-3-22-21(23-15-18-9-7-11-20(18)26)24-16(2)17-8-6-10-19(14-17)25-12-4-5-13-25/h6,8,10,14,16,18,20,26H,3-5,7,9,11-13,15H2,1-2H3,(H2,22,23,24). The Balaban J connectivity index is 1.63. The molecule has 2 aliphatic rings. The number of benzene rings is 1. The number of guanidine groups is 1. The minimum atomic E-state index is -0.184. The summed E-state index contributed by atoms with van der Waals surface area (Å²) in [5, 5.41) is 16.9. The summed E-state index contributed by atoms with van der Waals surface area (Å²) >= 11 is 0. The van der Waals surface area contributed by atoms with Gasteiger partial charge in [-0.25, -0.2) is 0 Å². The Morgan fingerprint density at radius 3 is 2.77 bits per heavy atom. The molecule has 1 saturated carbocycles. The molecule has 0 aromatic heterocycles. The second kappa shape index (κ2) is 9.26. The predicted molar refractivity (Wildman–Crippen MR) is 109 cm³/mol. The number of hydrogen-bond donors (Lipinski definition) is 3. The highest BCUT2D eigenvalue weighted by Crippen LogP contribution is 2.26. The zero-order valence-electron chi connectivity index (χ0n) is 16.2. The molecule has 1 aliphatic heterocycles. The first-order chi connectivity index (χ1) is 12.7. The first kappa shape index (κ1) is 19.0. The molecule has 3 atom stereocenters. The first-order valence-electron chi connectivity index (χ1n) is 10.2. The molecule has 144 valence electrons. The van der Waals surface area contributed by atoms with Gasteiger partial charge in [-0.3, -0.25) is 4.99 Å². The van der Waals surface area contributed by atoms with Crippen LogP contribution in [-0.2, 0) is 0 Å². The molecule has 2 fully saturated rings. The third-order valence-electron chi connectivity index (χ3n) is 5.64. The summed E-state index contributed by atoms with van der Waals surface area (Å²) in [6.45, 7) is 8.12. The van der Waals surface area contributed by atoms with Crippen molar-refractivity contribution in [2.75, 3.05) is 31.1 Å². The van der Waals surface area contributed by atoms with E-state index in [1.807, 2.05) is 0 Å². The third kappa shape index (κ3) is 4.91. The number of aliphatic hydroxyl groups is 1. The quantitative estimate of drug-likeness (QED) is 0.540. The van der Waals surface area contributed by atoms with Crippen molar-refractivity contribution in [2.24, 2.45) is 10.9 Å². The smallest absolute Gasteiger partial charge is 0.191 e. The van der Waals surface area contributed by atoms with Crippen LogP contribution in [-0.4, -0.2) is 43.3 Å². The lowest BCUT2D eigenvalue weighted by Gasteiger charge is -2.22. The van der Waals surface area contributed by atoms with E-state index in [9.17, 15) is 5.11 Å². The maximum atomic E-state index is 10.0. The summed E-state index contributed by atoms with van der Waals surface area (Å²) in [5.41, 5.74) is 2.60.